The number of rotatable bonds is 7. The van der Waals surface area contributed by atoms with Crippen LogP contribution in [-0.2, 0) is 4.79 Å². The smallest absolute Gasteiger partial charge is 0.223 e. The van der Waals surface area contributed by atoms with Gasteiger partial charge in [-0.3, -0.25) is 4.79 Å². The van der Waals surface area contributed by atoms with E-state index in [0.717, 1.165) is 43.3 Å². The third kappa shape index (κ3) is 6.82. The van der Waals surface area contributed by atoms with Crippen LogP contribution < -0.4 is 15.4 Å². The number of hydrogen-bond donors (Lipinski definition) is 2. The van der Waals surface area contributed by atoms with Crippen molar-refractivity contribution in [1.29, 1.82) is 0 Å². The molecular weight excluding hydrogens is 288 g/mol. The summed E-state index contributed by atoms with van der Waals surface area (Å²) in [5.74, 6) is 1.62. The maximum absolute atomic E-state index is 11.7. The van der Waals surface area contributed by atoms with E-state index in [9.17, 15) is 4.79 Å². The van der Waals surface area contributed by atoms with Gasteiger partial charge in [0.1, 0.15) is 5.75 Å². The van der Waals surface area contributed by atoms with Crippen molar-refractivity contribution in [2.75, 3.05) is 26.2 Å². The van der Waals surface area contributed by atoms with Crippen LogP contribution in [0.15, 0.2) is 24.3 Å². The first-order valence-corrected chi connectivity index (χ1v) is 7.41. The third-order valence-corrected chi connectivity index (χ3v) is 3.62. The maximum Gasteiger partial charge on any atom is 0.223 e. The van der Waals surface area contributed by atoms with Crippen LogP contribution >= 0.6 is 12.4 Å². The van der Waals surface area contributed by atoms with Crippen LogP contribution in [0.5, 0.6) is 5.75 Å². The fourth-order valence-electron chi connectivity index (χ4n) is 2.43. The average molecular weight is 313 g/mol. The molecule has 1 heterocycles. The molecular formula is C16H25ClN2O2. The first-order chi connectivity index (χ1) is 9.74. The highest BCUT2D eigenvalue weighted by Crippen LogP contribution is 2.12. The van der Waals surface area contributed by atoms with Crippen LogP contribution in [0.1, 0.15) is 24.8 Å². The minimum Gasteiger partial charge on any atom is -0.493 e. The summed E-state index contributed by atoms with van der Waals surface area (Å²) in [5, 5.41) is 6.30. The Morgan fingerprint density at radius 3 is 3.05 bits per heavy atom. The summed E-state index contributed by atoms with van der Waals surface area (Å²) >= 11 is 0. The SMILES string of the molecule is Cc1cccc(OCCC(=O)NCCC2CCNC2)c1.Cl. The Hall–Kier alpha value is -1.26. The summed E-state index contributed by atoms with van der Waals surface area (Å²) < 4.78 is 5.57. The maximum atomic E-state index is 11.7. The molecule has 4 nitrogen and oxygen atoms in total. The Morgan fingerprint density at radius 1 is 1.48 bits per heavy atom. The molecule has 0 aliphatic carbocycles. The van der Waals surface area contributed by atoms with Crippen molar-refractivity contribution in [1.82, 2.24) is 10.6 Å². The molecule has 1 aliphatic heterocycles. The van der Waals surface area contributed by atoms with E-state index in [2.05, 4.69) is 10.6 Å². The second-order valence-corrected chi connectivity index (χ2v) is 5.41. The quantitative estimate of drug-likeness (QED) is 0.812. The minimum atomic E-state index is 0. The Balaban J connectivity index is 0.00000220. The fourth-order valence-corrected chi connectivity index (χ4v) is 2.43. The number of amides is 1. The molecule has 1 amide bonds. The van der Waals surface area contributed by atoms with Gasteiger partial charge in [-0.05, 0) is 56.5 Å². The standard InChI is InChI=1S/C16H24N2O2.ClH/c1-13-3-2-4-15(11-13)20-10-7-16(19)18-9-6-14-5-8-17-12-14;/h2-4,11,14,17H,5-10,12H2,1H3,(H,18,19);1H. The molecule has 0 bridgehead atoms. The number of carbonyl (C=O) groups is 1. The second kappa shape index (κ2) is 9.64. The first-order valence-electron chi connectivity index (χ1n) is 7.41. The molecule has 2 rings (SSSR count). The minimum absolute atomic E-state index is 0. The van der Waals surface area contributed by atoms with Crippen LogP contribution in [0.4, 0.5) is 0 Å². The highest BCUT2D eigenvalue weighted by atomic mass is 35.5. The fraction of sp³-hybridized carbons (Fsp3) is 0.562. The van der Waals surface area contributed by atoms with Gasteiger partial charge in [-0.25, -0.2) is 0 Å². The molecule has 118 valence electrons. The summed E-state index contributed by atoms with van der Waals surface area (Å²) in [6.45, 7) is 5.43. The Morgan fingerprint density at radius 2 is 2.33 bits per heavy atom. The number of aryl methyl sites for hydroxylation is 1. The topological polar surface area (TPSA) is 50.4 Å². The van der Waals surface area contributed by atoms with Gasteiger partial charge in [0.25, 0.3) is 0 Å². The molecule has 0 spiro atoms. The largest absolute Gasteiger partial charge is 0.493 e. The summed E-state index contributed by atoms with van der Waals surface area (Å²) in [6.07, 6.45) is 2.71. The van der Waals surface area contributed by atoms with E-state index in [1.54, 1.807) is 0 Å². The van der Waals surface area contributed by atoms with Gasteiger partial charge in [0.15, 0.2) is 0 Å². The van der Waals surface area contributed by atoms with Gasteiger partial charge in [0.05, 0.1) is 13.0 Å². The van der Waals surface area contributed by atoms with Crippen LogP contribution in [0.3, 0.4) is 0 Å². The van der Waals surface area contributed by atoms with Crippen LogP contribution in [0.25, 0.3) is 0 Å². The number of carbonyl (C=O) groups excluding carboxylic acids is 1. The lowest BCUT2D eigenvalue weighted by molar-refractivity contribution is -0.121. The number of benzene rings is 1. The number of hydrogen-bond acceptors (Lipinski definition) is 3. The zero-order valence-electron chi connectivity index (χ0n) is 12.6. The van der Waals surface area contributed by atoms with Gasteiger partial charge in [0.2, 0.25) is 5.91 Å². The summed E-state index contributed by atoms with van der Waals surface area (Å²) in [6, 6.07) is 7.88. The molecule has 5 heteroatoms. The number of halogens is 1. The molecule has 0 radical (unpaired) electrons. The Kier molecular flexibility index (Phi) is 8.16. The van der Waals surface area contributed by atoms with Crippen LogP contribution in [-0.4, -0.2) is 32.1 Å². The van der Waals surface area contributed by atoms with Gasteiger partial charge >= 0.3 is 0 Å². The van der Waals surface area contributed by atoms with E-state index in [1.807, 2.05) is 31.2 Å². The predicted molar refractivity (Wildman–Crippen MR) is 87.1 cm³/mol. The normalized spacial score (nSPS) is 17.1. The van der Waals surface area contributed by atoms with E-state index >= 15 is 0 Å². The van der Waals surface area contributed by atoms with Crippen molar-refractivity contribution in [3.63, 3.8) is 0 Å². The van der Waals surface area contributed by atoms with E-state index in [1.165, 1.54) is 6.42 Å². The van der Waals surface area contributed by atoms with Gasteiger partial charge in [-0.2, -0.15) is 0 Å². The van der Waals surface area contributed by atoms with Gasteiger partial charge in [-0.1, -0.05) is 12.1 Å². The molecule has 0 saturated carbocycles. The average Bonchev–Trinajstić information content (AvgIpc) is 2.92. The van der Waals surface area contributed by atoms with E-state index < -0.39 is 0 Å². The zero-order chi connectivity index (χ0) is 14.2. The predicted octanol–water partition coefficient (Wildman–Crippen LogP) is 2.30. The number of nitrogens with one attached hydrogen (secondary N) is 2. The molecule has 1 aromatic rings. The highest BCUT2D eigenvalue weighted by molar-refractivity contribution is 5.85. The lowest BCUT2D eigenvalue weighted by Crippen LogP contribution is -2.27. The first kappa shape index (κ1) is 17.8. The summed E-state index contributed by atoms with van der Waals surface area (Å²) in [4.78, 5) is 11.7. The van der Waals surface area contributed by atoms with Gasteiger partial charge < -0.3 is 15.4 Å². The third-order valence-electron chi connectivity index (χ3n) is 3.62. The molecule has 2 N–H and O–H groups in total. The molecule has 21 heavy (non-hydrogen) atoms. The van der Waals surface area contributed by atoms with Crippen LogP contribution in [0.2, 0.25) is 0 Å². The summed E-state index contributed by atoms with van der Waals surface area (Å²) in [7, 11) is 0. The van der Waals surface area contributed by atoms with Crippen molar-refractivity contribution in [2.45, 2.75) is 26.2 Å². The van der Waals surface area contributed by atoms with E-state index in [4.69, 9.17) is 4.74 Å². The van der Waals surface area contributed by atoms with Crippen molar-refractivity contribution < 1.29 is 9.53 Å². The van der Waals surface area contributed by atoms with E-state index in [0.29, 0.717) is 13.0 Å². The lowest BCUT2D eigenvalue weighted by Gasteiger charge is -2.10. The van der Waals surface area contributed by atoms with Crippen molar-refractivity contribution in [2.24, 2.45) is 5.92 Å². The van der Waals surface area contributed by atoms with Crippen LogP contribution in [0, 0.1) is 12.8 Å². The second-order valence-electron chi connectivity index (χ2n) is 5.41. The van der Waals surface area contributed by atoms with Crippen molar-refractivity contribution in [3.05, 3.63) is 29.8 Å². The van der Waals surface area contributed by atoms with Gasteiger partial charge in [-0.15, -0.1) is 12.4 Å². The van der Waals surface area contributed by atoms with Gasteiger partial charge in [0, 0.05) is 6.54 Å². The molecule has 1 saturated heterocycles. The zero-order valence-corrected chi connectivity index (χ0v) is 13.4. The van der Waals surface area contributed by atoms with Crippen molar-refractivity contribution in [3.8, 4) is 5.75 Å². The molecule has 1 aliphatic rings. The van der Waals surface area contributed by atoms with E-state index in [-0.39, 0.29) is 18.3 Å². The monoisotopic (exact) mass is 312 g/mol. The number of ether oxygens (including phenoxy) is 1. The molecule has 1 atom stereocenters. The molecule has 1 aromatic carbocycles. The molecule has 1 unspecified atom stereocenters. The molecule has 0 aromatic heterocycles. The summed E-state index contributed by atoms with van der Waals surface area (Å²) in [5.41, 5.74) is 1.16. The lowest BCUT2D eigenvalue weighted by atomic mass is 10.1. The molecule has 1 fully saturated rings. The Labute approximate surface area is 133 Å². The highest BCUT2D eigenvalue weighted by Gasteiger charge is 2.13. The van der Waals surface area contributed by atoms with Crippen molar-refractivity contribution >= 4 is 18.3 Å². The Bertz CT molecular complexity index is 434.